The Kier molecular flexibility index (Phi) is 12.1. The van der Waals surface area contributed by atoms with Crippen LogP contribution in [-0.4, -0.2) is 42.1 Å². The highest BCUT2D eigenvalue weighted by molar-refractivity contribution is 5.83. The number of allylic oxidation sites excluding steroid dienone is 2. The third kappa shape index (κ3) is 9.24. The highest BCUT2D eigenvalue weighted by Gasteiger charge is 2.14. The normalized spacial score (nSPS) is 15.0. The number of hydrogen-bond donors (Lipinski definition) is 1. The van der Waals surface area contributed by atoms with E-state index in [1.807, 2.05) is 0 Å². The van der Waals surface area contributed by atoms with Crippen LogP contribution in [0.15, 0.2) is 17.1 Å². The molecule has 0 aromatic rings. The molecule has 0 bridgehead atoms. The standard InChI is InChI=1S/C19H36N2O/c1-2-3-4-5-6-7-8-9-10-11-12-13-14-19-20-15-16-21(19)17-18-22/h2-3,22H,4-18H2,1H3/b3-2+. The van der Waals surface area contributed by atoms with Gasteiger partial charge in [-0.25, -0.2) is 0 Å². The molecule has 0 fully saturated rings. The van der Waals surface area contributed by atoms with E-state index in [-0.39, 0.29) is 6.61 Å². The van der Waals surface area contributed by atoms with E-state index < -0.39 is 0 Å². The average molecular weight is 309 g/mol. The lowest BCUT2D eigenvalue weighted by atomic mass is 10.1. The summed E-state index contributed by atoms with van der Waals surface area (Å²) in [7, 11) is 0. The summed E-state index contributed by atoms with van der Waals surface area (Å²) >= 11 is 0. The van der Waals surface area contributed by atoms with Crippen LogP contribution in [0.4, 0.5) is 0 Å². The monoisotopic (exact) mass is 308 g/mol. The van der Waals surface area contributed by atoms with E-state index >= 15 is 0 Å². The number of aliphatic hydroxyl groups is 1. The Morgan fingerprint density at radius 2 is 1.64 bits per heavy atom. The van der Waals surface area contributed by atoms with E-state index in [1.54, 1.807) is 0 Å². The van der Waals surface area contributed by atoms with Gasteiger partial charge in [0.15, 0.2) is 0 Å². The van der Waals surface area contributed by atoms with Gasteiger partial charge in [-0.2, -0.15) is 0 Å². The highest BCUT2D eigenvalue weighted by Crippen LogP contribution is 2.13. The summed E-state index contributed by atoms with van der Waals surface area (Å²) in [5, 5.41) is 9.02. The molecular weight excluding hydrogens is 272 g/mol. The first-order valence-electron chi connectivity index (χ1n) is 9.38. The molecule has 1 aliphatic heterocycles. The van der Waals surface area contributed by atoms with Gasteiger partial charge in [0, 0.05) is 19.5 Å². The first kappa shape index (κ1) is 19.2. The van der Waals surface area contributed by atoms with Crippen molar-refractivity contribution in [2.75, 3.05) is 26.2 Å². The van der Waals surface area contributed by atoms with E-state index in [0.29, 0.717) is 0 Å². The number of rotatable bonds is 14. The molecule has 1 aliphatic rings. The van der Waals surface area contributed by atoms with Crippen molar-refractivity contribution in [2.24, 2.45) is 4.99 Å². The van der Waals surface area contributed by atoms with Crippen molar-refractivity contribution < 1.29 is 5.11 Å². The van der Waals surface area contributed by atoms with Gasteiger partial charge in [0.2, 0.25) is 0 Å². The van der Waals surface area contributed by atoms with Gasteiger partial charge in [-0.05, 0) is 26.2 Å². The Balaban J connectivity index is 1.84. The molecule has 0 saturated carbocycles. The molecule has 0 unspecified atom stereocenters. The van der Waals surface area contributed by atoms with Crippen LogP contribution < -0.4 is 0 Å². The summed E-state index contributed by atoms with van der Waals surface area (Å²) in [5.41, 5.74) is 0. The van der Waals surface area contributed by atoms with E-state index in [9.17, 15) is 0 Å². The smallest absolute Gasteiger partial charge is 0.0991 e. The van der Waals surface area contributed by atoms with Crippen LogP contribution >= 0.6 is 0 Å². The lowest BCUT2D eigenvalue weighted by molar-refractivity contribution is 0.255. The number of hydrogen-bond acceptors (Lipinski definition) is 3. The Labute approximate surface area is 137 Å². The topological polar surface area (TPSA) is 35.8 Å². The summed E-state index contributed by atoms with van der Waals surface area (Å²) in [6, 6.07) is 0. The van der Waals surface area contributed by atoms with Crippen LogP contribution in [-0.2, 0) is 0 Å². The van der Waals surface area contributed by atoms with Crippen LogP contribution in [0.3, 0.4) is 0 Å². The molecule has 0 aromatic carbocycles. The van der Waals surface area contributed by atoms with Crippen molar-refractivity contribution in [1.82, 2.24) is 4.90 Å². The second-order valence-corrected chi connectivity index (χ2v) is 6.30. The van der Waals surface area contributed by atoms with Crippen molar-refractivity contribution in [2.45, 2.75) is 77.6 Å². The lowest BCUT2D eigenvalue weighted by Crippen LogP contribution is -2.30. The third-order valence-corrected chi connectivity index (χ3v) is 4.41. The number of aliphatic hydroxyl groups excluding tert-OH is 1. The molecule has 1 rings (SSSR count). The predicted octanol–water partition coefficient (Wildman–Crippen LogP) is 4.56. The zero-order chi connectivity index (χ0) is 15.9. The van der Waals surface area contributed by atoms with Crippen LogP contribution in [0.1, 0.15) is 77.6 Å². The minimum Gasteiger partial charge on any atom is -0.395 e. The summed E-state index contributed by atoms with van der Waals surface area (Å²) in [5.74, 6) is 1.23. The van der Waals surface area contributed by atoms with Crippen molar-refractivity contribution in [3.8, 4) is 0 Å². The first-order valence-corrected chi connectivity index (χ1v) is 9.38. The van der Waals surface area contributed by atoms with Crippen LogP contribution in [0.25, 0.3) is 0 Å². The maximum Gasteiger partial charge on any atom is 0.0991 e. The minimum absolute atomic E-state index is 0.244. The predicted molar refractivity (Wildman–Crippen MR) is 96.6 cm³/mol. The second kappa shape index (κ2) is 13.8. The maximum atomic E-state index is 9.02. The zero-order valence-corrected chi connectivity index (χ0v) is 14.6. The molecule has 0 radical (unpaired) electrons. The fraction of sp³-hybridized carbons (Fsp3) is 0.842. The van der Waals surface area contributed by atoms with Crippen LogP contribution in [0.5, 0.6) is 0 Å². The van der Waals surface area contributed by atoms with Crippen molar-refractivity contribution in [3.05, 3.63) is 12.2 Å². The number of nitrogens with zero attached hydrogens (tertiary/aromatic N) is 2. The number of unbranched alkanes of at least 4 members (excludes halogenated alkanes) is 9. The maximum absolute atomic E-state index is 9.02. The van der Waals surface area contributed by atoms with Crippen molar-refractivity contribution in [1.29, 1.82) is 0 Å². The fourth-order valence-corrected chi connectivity index (χ4v) is 3.08. The van der Waals surface area contributed by atoms with E-state index in [0.717, 1.165) is 26.1 Å². The molecular formula is C19H36N2O. The molecule has 22 heavy (non-hydrogen) atoms. The summed E-state index contributed by atoms with van der Waals surface area (Å²) in [4.78, 5) is 6.80. The Morgan fingerprint density at radius 1 is 1.00 bits per heavy atom. The van der Waals surface area contributed by atoms with Gasteiger partial charge >= 0.3 is 0 Å². The Bertz CT molecular complexity index is 313. The quantitative estimate of drug-likeness (QED) is 0.377. The Morgan fingerprint density at radius 3 is 2.27 bits per heavy atom. The first-order chi connectivity index (χ1) is 10.9. The summed E-state index contributed by atoms with van der Waals surface area (Å²) in [6.45, 7) is 5.03. The van der Waals surface area contributed by atoms with Gasteiger partial charge in [0.25, 0.3) is 0 Å². The van der Waals surface area contributed by atoms with Gasteiger partial charge in [0.05, 0.1) is 19.0 Å². The molecule has 0 atom stereocenters. The minimum atomic E-state index is 0.244. The average Bonchev–Trinajstić information content (AvgIpc) is 2.96. The van der Waals surface area contributed by atoms with Gasteiger partial charge in [-0.1, -0.05) is 57.1 Å². The molecule has 0 aromatic heterocycles. The van der Waals surface area contributed by atoms with E-state index in [2.05, 4.69) is 29.0 Å². The van der Waals surface area contributed by atoms with Gasteiger partial charge in [0.1, 0.15) is 0 Å². The fourth-order valence-electron chi connectivity index (χ4n) is 3.08. The SMILES string of the molecule is C/C=C/CCCCCCCCCCCC1=NCCN1CCO. The van der Waals surface area contributed by atoms with E-state index in [1.165, 1.54) is 70.0 Å². The van der Waals surface area contributed by atoms with Gasteiger partial charge in [-0.3, -0.25) is 4.99 Å². The molecule has 0 saturated heterocycles. The summed E-state index contributed by atoms with van der Waals surface area (Å²) in [6.07, 6.45) is 19.1. The molecule has 0 amide bonds. The van der Waals surface area contributed by atoms with Crippen molar-refractivity contribution >= 4 is 5.84 Å². The molecule has 1 N–H and O–H groups in total. The zero-order valence-electron chi connectivity index (χ0n) is 14.6. The summed E-state index contributed by atoms with van der Waals surface area (Å²) < 4.78 is 0. The number of amidine groups is 1. The lowest BCUT2D eigenvalue weighted by Gasteiger charge is -2.18. The largest absolute Gasteiger partial charge is 0.395 e. The molecule has 3 nitrogen and oxygen atoms in total. The number of aliphatic imine (C=N–C) groups is 1. The molecule has 128 valence electrons. The van der Waals surface area contributed by atoms with Crippen LogP contribution in [0.2, 0.25) is 0 Å². The van der Waals surface area contributed by atoms with Gasteiger partial charge in [-0.15, -0.1) is 0 Å². The molecule has 1 heterocycles. The van der Waals surface area contributed by atoms with Gasteiger partial charge < -0.3 is 10.0 Å². The third-order valence-electron chi connectivity index (χ3n) is 4.41. The Hall–Kier alpha value is -0.830. The van der Waals surface area contributed by atoms with Crippen molar-refractivity contribution in [3.63, 3.8) is 0 Å². The van der Waals surface area contributed by atoms with E-state index in [4.69, 9.17) is 5.11 Å². The molecule has 0 aliphatic carbocycles. The second-order valence-electron chi connectivity index (χ2n) is 6.30. The van der Waals surface area contributed by atoms with Crippen LogP contribution in [0, 0.1) is 0 Å². The highest BCUT2D eigenvalue weighted by atomic mass is 16.3. The molecule has 0 spiro atoms. The molecule has 3 heteroatoms. The number of β-amino-alcohol motifs (C(OH)–C–C–N with tert-alkyl or cyclic N) is 1.